The predicted octanol–water partition coefficient (Wildman–Crippen LogP) is 3.42. The quantitative estimate of drug-likeness (QED) is 0.706. The van der Waals surface area contributed by atoms with Crippen molar-refractivity contribution in [2.75, 3.05) is 0 Å². The molecule has 0 amide bonds. The van der Waals surface area contributed by atoms with Crippen molar-refractivity contribution in [3.05, 3.63) is 29.0 Å². The normalized spacial score (nSPS) is 17.1. The average Bonchev–Trinajstić information content (AvgIpc) is 2.41. The van der Waals surface area contributed by atoms with E-state index < -0.39 is 0 Å². The number of para-hydroxylation sites is 2. The Morgan fingerprint density at radius 2 is 2.07 bits per heavy atom. The molecule has 0 radical (unpaired) electrons. The van der Waals surface area contributed by atoms with Crippen molar-refractivity contribution < 1.29 is 0 Å². The molecule has 1 heterocycles. The van der Waals surface area contributed by atoms with Crippen LogP contribution in [0.4, 0.5) is 0 Å². The molecule has 1 aromatic heterocycles. The minimum absolute atomic E-state index is 0.638. The summed E-state index contributed by atoms with van der Waals surface area (Å²) in [6.07, 6.45) is 3.89. The highest BCUT2D eigenvalue weighted by atomic mass is 32.1. The number of aromatic nitrogens is 2. The van der Waals surface area contributed by atoms with E-state index in [1.165, 1.54) is 24.8 Å². The van der Waals surface area contributed by atoms with Gasteiger partial charge in [0.1, 0.15) is 0 Å². The van der Waals surface area contributed by atoms with Gasteiger partial charge in [-0.05, 0) is 43.6 Å². The summed E-state index contributed by atoms with van der Waals surface area (Å²) in [7, 11) is 0. The monoisotopic (exact) mass is 204 g/mol. The van der Waals surface area contributed by atoms with Crippen LogP contribution in [0.1, 0.15) is 25.3 Å². The number of rotatable bonds is 1. The van der Waals surface area contributed by atoms with Gasteiger partial charge < -0.3 is 9.55 Å². The molecule has 1 aliphatic rings. The van der Waals surface area contributed by atoms with Gasteiger partial charge in [0.2, 0.25) is 0 Å². The number of benzene rings is 1. The number of hydrogen-bond donors (Lipinski definition) is 1. The zero-order chi connectivity index (χ0) is 9.54. The Balaban J connectivity index is 2.29. The van der Waals surface area contributed by atoms with E-state index >= 15 is 0 Å². The first kappa shape index (κ1) is 8.24. The van der Waals surface area contributed by atoms with E-state index in [0.29, 0.717) is 6.04 Å². The molecular formula is C11H12N2S. The average molecular weight is 204 g/mol. The maximum atomic E-state index is 5.34. The Hall–Kier alpha value is -1.09. The summed E-state index contributed by atoms with van der Waals surface area (Å²) in [6.45, 7) is 0. The number of nitrogens with one attached hydrogen (secondary N) is 1. The van der Waals surface area contributed by atoms with E-state index in [2.05, 4.69) is 27.8 Å². The number of hydrogen-bond acceptors (Lipinski definition) is 1. The van der Waals surface area contributed by atoms with E-state index in [4.69, 9.17) is 12.2 Å². The first-order valence-corrected chi connectivity index (χ1v) is 5.46. The lowest BCUT2D eigenvalue weighted by Gasteiger charge is -2.27. The summed E-state index contributed by atoms with van der Waals surface area (Å²) in [6, 6.07) is 8.97. The third-order valence-electron chi connectivity index (χ3n) is 3.06. The van der Waals surface area contributed by atoms with Gasteiger partial charge in [-0.1, -0.05) is 12.1 Å². The number of aromatic amines is 1. The molecule has 14 heavy (non-hydrogen) atoms. The van der Waals surface area contributed by atoms with Crippen LogP contribution in [0.15, 0.2) is 24.3 Å². The van der Waals surface area contributed by atoms with Gasteiger partial charge in [-0.25, -0.2) is 0 Å². The van der Waals surface area contributed by atoms with Crippen LogP contribution in [0, 0.1) is 4.77 Å². The minimum Gasteiger partial charge on any atom is -0.331 e. The molecule has 3 heteroatoms. The van der Waals surface area contributed by atoms with Gasteiger partial charge in [0.25, 0.3) is 0 Å². The molecule has 0 atom stereocenters. The Labute approximate surface area is 87.6 Å². The number of imidazole rings is 1. The van der Waals surface area contributed by atoms with Crippen LogP contribution in [0.25, 0.3) is 11.0 Å². The van der Waals surface area contributed by atoms with Crippen LogP contribution < -0.4 is 0 Å². The van der Waals surface area contributed by atoms with Crippen LogP contribution in [0.2, 0.25) is 0 Å². The van der Waals surface area contributed by atoms with Crippen molar-refractivity contribution >= 4 is 23.3 Å². The van der Waals surface area contributed by atoms with Crippen molar-refractivity contribution in [1.29, 1.82) is 0 Å². The molecule has 3 rings (SSSR count). The fourth-order valence-electron chi connectivity index (χ4n) is 2.08. The van der Waals surface area contributed by atoms with Gasteiger partial charge in [-0.3, -0.25) is 0 Å². The van der Waals surface area contributed by atoms with E-state index in [1.807, 2.05) is 6.07 Å². The molecule has 0 bridgehead atoms. The molecule has 0 spiro atoms. The fourth-order valence-corrected chi connectivity index (χ4v) is 2.44. The highest BCUT2D eigenvalue weighted by molar-refractivity contribution is 7.71. The molecule has 2 nitrogen and oxygen atoms in total. The maximum Gasteiger partial charge on any atom is 0.178 e. The smallest absolute Gasteiger partial charge is 0.178 e. The van der Waals surface area contributed by atoms with Crippen LogP contribution >= 0.6 is 12.2 Å². The molecule has 0 saturated heterocycles. The van der Waals surface area contributed by atoms with Gasteiger partial charge in [-0.15, -0.1) is 0 Å². The minimum atomic E-state index is 0.638. The van der Waals surface area contributed by atoms with Crippen molar-refractivity contribution in [2.45, 2.75) is 25.3 Å². The Kier molecular flexibility index (Phi) is 1.74. The molecule has 72 valence electrons. The summed E-state index contributed by atoms with van der Waals surface area (Å²) in [5.74, 6) is 0. The Morgan fingerprint density at radius 3 is 2.79 bits per heavy atom. The Morgan fingerprint density at radius 1 is 1.29 bits per heavy atom. The van der Waals surface area contributed by atoms with E-state index in [-0.39, 0.29) is 0 Å². The third kappa shape index (κ3) is 1.05. The standard InChI is InChI=1S/C11H12N2S/c14-11-12-9-6-1-2-7-10(9)13(11)8-4-3-5-8/h1-2,6-8H,3-5H2,(H,12,14). The van der Waals surface area contributed by atoms with E-state index in [9.17, 15) is 0 Å². The molecule has 1 N–H and O–H groups in total. The van der Waals surface area contributed by atoms with E-state index in [0.717, 1.165) is 10.3 Å². The third-order valence-corrected chi connectivity index (χ3v) is 3.36. The summed E-state index contributed by atoms with van der Waals surface area (Å²) in [5, 5.41) is 0. The zero-order valence-electron chi connectivity index (χ0n) is 7.86. The lowest BCUT2D eigenvalue weighted by atomic mass is 9.93. The van der Waals surface area contributed by atoms with Crippen LogP contribution in [0.3, 0.4) is 0 Å². The number of nitrogens with zero attached hydrogens (tertiary/aromatic N) is 1. The van der Waals surface area contributed by atoms with Gasteiger partial charge in [0, 0.05) is 6.04 Å². The summed E-state index contributed by atoms with van der Waals surface area (Å²) >= 11 is 5.34. The molecule has 1 saturated carbocycles. The first-order valence-electron chi connectivity index (χ1n) is 5.05. The molecule has 1 aliphatic carbocycles. The van der Waals surface area contributed by atoms with Gasteiger partial charge in [0.15, 0.2) is 4.77 Å². The molecule has 2 aromatic rings. The maximum absolute atomic E-state index is 5.34. The highest BCUT2D eigenvalue weighted by Crippen LogP contribution is 2.34. The first-order chi connectivity index (χ1) is 6.86. The van der Waals surface area contributed by atoms with Crippen molar-refractivity contribution in [1.82, 2.24) is 9.55 Å². The highest BCUT2D eigenvalue weighted by Gasteiger charge is 2.21. The van der Waals surface area contributed by atoms with Gasteiger partial charge in [-0.2, -0.15) is 0 Å². The van der Waals surface area contributed by atoms with Gasteiger partial charge in [0.05, 0.1) is 11.0 Å². The second kappa shape index (κ2) is 2.95. The molecule has 1 fully saturated rings. The lowest BCUT2D eigenvalue weighted by molar-refractivity contribution is 0.318. The molecule has 0 unspecified atom stereocenters. The number of H-pyrrole nitrogens is 1. The van der Waals surface area contributed by atoms with Crippen molar-refractivity contribution in [3.63, 3.8) is 0 Å². The van der Waals surface area contributed by atoms with Gasteiger partial charge >= 0.3 is 0 Å². The summed E-state index contributed by atoms with van der Waals surface area (Å²) < 4.78 is 3.14. The SMILES string of the molecule is S=c1[nH]c2ccccc2n1C1CCC1. The largest absolute Gasteiger partial charge is 0.331 e. The van der Waals surface area contributed by atoms with Crippen molar-refractivity contribution in [2.24, 2.45) is 0 Å². The summed E-state index contributed by atoms with van der Waals surface area (Å²) in [5.41, 5.74) is 2.41. The molecule has 0 aliphatic heterocycles. The second-order valence-electron chi connectivity index (χ2n) is 3.90. The zero-order valence-corrected chi connectivity index (χ0v) is 8.68. The van der Waals surface area contributed by atoms with E-state index in [1.54, 1.807) is 0 Å². The second-order valence-corrected chi connectivity index (χ2v) is 4.29. The van der Waals surface area contributed by atoms with Crippen LogP contribution in [-0.4, -0.2) is 9.55 Å². The molecular weight excluding hydrogens is 192 g/mol. The topological polar surface area (TPSA) is 20.7 Å². The predicted molar refractivity (Wildman–Crippen MR) is 60.0 cm³/mol. The number of fused-ring (bicyclic) bond motifs is 1. The Bertz CT molecular complexity index is 519. The van der Waals surface area contributed by atoms with Crippen molar-refractivity contribution in [3.8, 4) is 0 Å². The van der Waals surface area contributed by atoms with Crippen LogP contribution in [-0.2, 0) is 0 Å². The fraction of sp³-hybridized carbons (Fsp3) is 0.364. The van der Waals surface area contributed by atoms with Crippen LogP contribution in [0.5, 0.6) is 0 Å². The molecule has 1 aromatic carbocycles. The lowest BCUT2D eigenvalue weighted by Crippen LogP contribution is -2.16. The summed E-state index contributed by atoms with van der Waals surface area (Å²) in [4.78, 5) is 3.25.